The van der Waals surface area contributed by atoms with E-state index in [4.69, 9.17) is 35.3 Å². The van der Waals surface area contributed by atoms with Gasteiger partial charge >= 0.3 is 23.9 Å². The minimum atomic E-state index is -2.15. The first-order valence-electron chi connectivity index (χ1n) is 12.0. The van der Waals surface area contributed by atoms with Gasteiger partial charge in [0.2, 0.25) is 0 Å². The molecule has 202 valence electrons. The summed E-state index contributed by atoms with van der Waals surface area (Å²) in [7, 11) is 0. The summed E-state index contributed by atoms with van der Waals surface area (Å²) in [6.07, 6.45) is 1.76. The van der Waals surface area contributed by atoms with Gasteiger partial charge in [-0.15, -0.1) is 11.6 Å². The fraction of sp³-hybridized carbons (Fsp3) is 0.615. The summed E-state index contributed by atoms with van der Waals surface area (Å²) < 4.78 is 28.6. The van der Waals surface area contributed by atoms with Gasteiger partial charge in [-0.2, -0.15) is 0 Å². The maximum Gasteiger partial charge on any atom is 0.312 e. The zero-order chi connectivity index (χ0) is 27.5. The number of carbonyl (C=O) groups excluding carboxylic acids is 4. The minimum absolute atomic E-state index is 0.0742. The number of fused-ring (bicyclic) bond motifs is 3. The molecule has 2 heterocycles. The number of esters is 4. The van der Waals surface area contributed by atoms with Crippen molar-refractivity contribution in [3.63, 3.8) is 0 Å². The van der Waals surface area contributed by atoms with Crippen molar-refractivity contribution in [1.82, 2.24) is 0 Å². The Labute approximate surface area is 219 Å². The van der Waals surface area contributed by atoms with E-state index < -0.39 is 82.1 Å². The third-order valence-corrected chi connectivity index (χ3v) is 8.40. The molecule has 0 saturated carbocycles. The number of ether oxygens (including phenoxy) is 5. The van der Waals surface area contributed by atoms with Crippen molar-refractivity contribution in [3.8, 4) is 0 Å². The maximum absolute atomic E-state index is 12.8. The molecule has 4 rings (SSSR count). The molecule has 0 amide bonds. The molecule has 2 saturated heterocycles. The monoisotopic (exact) mass is 538 g/mol. The zero-order valence-corrected chi connectivity index (χ0v) is 22.0. The second-order valence-electron chi connectivity index (χ2n) is 10.3. The number of epoxide rings is 1. The second kappa shape index (κ2) is 9.25. The highest BCUT2D eigenvalue weighted by Gasteiger charge is 2.75. The van der Waals surface area contributed by atoms with Crippen molar-refractivity contribution in [2.45, 2.75) is 75.6 Å². The first-order chi connectivity index (χ1) is 17.2. The lowest BCUT2D eigenvalue weighted by Crippen LogP contribution is -2.68. The Morgan fingerprint density at radius 3 is 2.19 bits per heavy atom. The second-order valence-corrected chi connectivity index (χ2v) is 10.8. The van der Waals surface area contributed by atoms with E-state index in [1.54, 1.807) is 31.2 Å². The van der Waals surface area contributed by atoms with Crippen LogP contribution in [0.25, 0.3) is 0 Å². The van der Waals surface area contributed by atoms with Crippen molar-refractivity contribution >= 4 is 35.5 Å². The van der Waals surface area contributed by atoms with E-state index in [1.807, 2.05) is 0 Å². The van der Waals surface area contributed by atoms with Crippen molar-refractivity contribution in [2.75, 3.05) is 6.61 Å². The van der Waals surface area contributed by atoms with E-state index in [1.165, 1.54) is 27.7 Å². The van der Waals surface area contributed by atoms with Crippen molar-refractivity contribution in [2.24, 2.45) is 17.3 Å². The van der Waals surface area contributed by atoms with Crippen LogP contribution in [-0.4, -0.2) is 76.6 Å². The molecule has 0 radical (unpaired) electrons. The molecule has 0 aromatic rings. The SMILES string of the molecule is C=C1/C=C\[C@@H](OC(C)=O)[C@@]2(C)C=C[C@@H](OC(C)=O)[C@]3(CO3)[C@@H]2[C@H](OC(C)=O)[C@]2(O)[C@@H](C)C(=O)O[C@H]2[C@H]1Cl. The van der Waals surface area contributed by atoms with Gasteiger partial charge in [0.1, 0.15) is 17.8 Å². The minimum Gasteiger partial charge on any atom is -0.459 e. The van der Waals surface area contributed by atoms with Crippen molar-refractivity contribution < 1.29 is 48.0 Å². The molecule has 10 atom stereocenters. The van der Waals surface area contributed by atoms with E-state index >= 15 is 0 Å². The van der Waals surface area contributed by atoms with Gasteiger partial charge in [-0.05, 0) is 24.6 Å². The van der Waals surface area contributed by atoms with Gasteiger partial charge in [0.05, 0.1) is 17.9 Å². The highest BCUT2D eigenvalue weighted by atomic mass is 35.5. The first kappa shape index (κ1) is 27.3. The molecule has 37 heavy (non-hydrogen) atoms. The Morgan fingerprint density at radius 1 is 1.08 bits per heavy atom. The highest BCUT2D eigenvalue weighted by molar-refractivity contribution is 6.23. The number of alkyl halides is 1. The van der Waals surface area contributed by atoms with Crippen LogP contribution >= 0.6 is 11.6 Å². The smallest absolute Gasteiger partial charge is 0.312 e. The molecular weight excluding hydrogens is 508 g/mol. The van der Waals surface area contributed by atoms with E-state index in [2.05, 4.69) is 6.58 Å². The normalized spacial score (nSPS) is 45.2. The zero-order valence-electron chi connectivity index (χ0n) is 21.3. The van der Waals surface area contributed by atoms with Crippen molar-refractivity contribution in [3.05, 3.63) is 36.5 Å². The van der Waals surface area contributed by atoms with Gasteiger partial charge in [0.25, 0.3) is 0 Å². The first-order valence-corrected chi connectivity index (χ1v) is 12.4. The quantitative estimate of drug-likeness (QED) is 0.186. The molecule has 0 bridgehead atoms. The number of hydrogen-bond donors (Lipinski definition) is 1. The lowest BCUT2D eigenvalue weighted by molar-refractivity contribution is -0.214. The van der Waals surface area contributed by atoms with Crippen molar-refractivity contribution in [1.29, 1.82) is 0 Å². The number of allylic oxidation sites excluding steroid dienone is 1. The molecule has 1 N–H and O–H groups in total. The Balaban J connectivity index is 2.03. The topological polar surface area (TPSA) is 138 Å². The third kappa shape index (κ3) is 4.28. The highest BCUT2D eigenvalue weighted by Crippen LogP contribution is 2.60. The predicted molar refractivity (Wildman–Crippen MR) is 128 cm³/mol. The van der Waals surface area contributed by atoms with E-state index in [-0.39, 0.29) is 12.2 Å². The summed E-state index contributed by atoms with van der Waals surface area (Å²) in [6, 6.07) is 0. The van der Waals surface area contributed by atoms with Gasteiger partial charge in [0, 0.05) is 32.1 Å². The van der Waals surface area contributed by atoms with Crippen LogP contribution in [0.2, 0.25) is 0 Å². The average molecular weight is 539 g/mol. The molecule has 11 heteroatoms. The number of hydrogen-bond acceptors (Lipinski definition) is 10. The molecular formula is C26H31ClO10. The molecule has 0 aromatic carbocycles. The number of aliphatic hydroxyl groups is 1. The summed E-state index contributed by atoms with van der Waals surface area (Å²) in [5.41, 5.74) is -4.34. The predicted octanol–water partition coefficient (Wildman–Crippen LogP) is 1.77. The standard InChI is InChI=1S/C26H31ClO10/c1-12-7-8-17(34-14(3)28)24(6)10-9-18(35-15(4)29)25(11-33-25)20(24)22(36-16(5)30)26(32)13(2)23(31)37-21(26)19(12)27/h7-10,13,17-22,32H,1,11H2,2-6H3/b8-7-/t13-,17+,18+,19-,20+,21-,22-,24+,25+,26-/m0/s1. The Kier molecular flexibility index (Phi) is 6.84. The van der Waals surface area contributed by atoms with Crippen LogP contribution in [0.1, 0.15) is 34.6 Å². The van der Waals surface area contributed by atoms with Crippen LogP contribution in [0, 0.1) is 17.3 Å². The van der Waals surface area contributed by atoms with Gasteiger partial charge in [-0.3, -0.25) is 19.2 Å². The molecule has 0 aromatic heterocycles. The van der Waals surface area contributed by atoms with Crippen LogP contribution in [0.4, 0.5) is 0 Å². The molecule has 4 aliphatic rings. The molecule has 10 nitrogen and oxygen atoms in total. The van der Waals surface area contributed by atoms with Crippen LogP contribution < -0.4 is 0 Å². The lowest BCUT2D eigenvalue weighted by atomic mass is 9.56. The Hall–Kier alpha value is -2.69. The van der Waals surface area contributed by atoms with Gasteiger partial charge < -0.3 is 28.8 Å². The summed E-state index contributed by atoms with van der Waals surface area (Å²) >= 11 is 6.69. The summed E-state index contributed by atoms with van der Waals surface area (Å²) in [6.45, 7) is 10.9. The molecule has 2 fully saturated rings. The fourth-order valence-corrected chi connectivity index (χ4v) is 6.31. The largest absolute Gasteiger partial charge is 0.459 e. The van der Waals surface area contributed by atoms with Gasteiger partial charge in [-0.25, -0.2) is 0 Å². The van der Waals surface area contributed by atoms with Gasteiger partial charge in [-0.1, -0.05) is 25.7 Å². The number of rotatable bonds is 3. The average Bonchev–Trinajstić information content (AvgIpc) is 3.55. The fourth-order valence-electron chi connectivity index (χ4n) is 5.98. The van der Waals surface area contributed by atoms with Crippen LogP contribution in [0.5, 0.6) is 0 Å². The van der Waals surface area contributed by atoms with Crippen LogP contribution in [0.3, 0.4) is 0 Å². The van der Waals surface area contributed by atoms with E-state index in [0.29, 0.717) is 0 Å². The Bertz CT molecular complexity index is 1090. The number of halogens is 1. The third-order valence-electron chi connectivity index (χ3n) is 7.89. The van der Waals surface area contributed by atoms with Gasteiger partial charge in [0.15, 0.2) is 17.8 Å². The Morgan fingerprint density at radius 2 is 1.65 bits per heavy atom. The maximum atomic E-state index is 12.8. The van der Waals surface area contributed by atoms with E-state index in [9.17, 15) is 24.3 Å². The summed E-state index contributed by atoms with van der Waals surface area (Å²) in [5.74, 6) is -4.82. The molecule has 0 unspecified atom stereocenters. The summed E-state index contributed by atoms with van der Waals surface area (Å²) in [5, 5.41) is 11.2. The van der Waals surface area contributed by atoms with Crippen LogP contribution in [-0.2, 0) is 42.9 Å². The molecule has 1 spiro atoms. The number of carbonyl (C=O) groups is 4. The van der Waals surface area contributed by atoms with E-state index in [0.717, 1.165) is 0 Å². The summed E-state index contributed by atoms with van der Waals surface area (Å²) in [4.78, 5) is 49.5. The molecule has 2 aliphatic heterocycles. The lowest BCUT2D eigenvalue weighted by Gasteiger charge is -2.53. The molecule has 2 aliphatic carbocycles. The van der Waals surface area contributed by atoms with Crippen LogP contribution in [0.15, 0.2) is 36.5 Å².